The van der Waals surface area contributed by atoms with E-state index in [1.807, 2.05) is 0 Å². The van der Waals surface area contributed by atoms with Crippen molar-refractivity contribution in [2.24, 2.45) is 0 Å². The van der Waals surface area contributed by atoms with Crippen LogP contribution in [-0.2, 0) is 10.9 Å². The van der Waals surface area contributed by atoms with Crippen molar-refractivity contribution in [1.29, 1.82) is 0 Å². The van der Waals surface area contributed by atoms with E-state index in [1.54, 1.807) is 49.1 Å². The fourth-order valence-corrected chi connectivity index (χ4v) is 3.58. The molecule has 154 valence electrons. The van der Waals surface area contributed by atoms with Gasteiger partial charge in [0.25, 0.3) is 0 Å². The van der Waals surface area contributed by atoms with Crippen LogP contribution in [0.25, 0.3) is 17.1 Å². The maximum atomic E-state index is 13.2. The first-order valence-electron chi connectivity index (χ1n) is 8.83. The quantitative estimate of drug-likeness (QED) is 0.373. The Labute approximate surface area is 170 Å². The zero-order chi connectivity index (χ0) is 20.9. The minimum absolute atomic E-state index is 0.352. The summed E-state index contributed by atoms with van der Waals surface area (Å²) >= 11 is 1.42. The number of benzene rings is 2. The molecule has 29 heavy (non-hydrogen) atoms. The average molecular weight is 423 g/mol. The number of aromatic nitrogens is 3. The van der Waals surface area contributed by atoms with Crippen LogP contribution >= 0.6 is 11.8 Å². The number of thioether (sulfide) groups is 1. The predicted molar refractivity (Wildman–Crippen MR) is 106 cm³/mol. The van der Waals surface area contributed by atoms with Crippen molar-refractivity contribution in [3.05, 3.63) is 54.1 Å². The standard InChI is InChI=1S/C20H20F3N3O2S/c1-27-11-4-12-29-19-25-24-18(14-7-9-17(28-2)10-8-14)26(19)16-6-3-5-15(13-16)20(21,22)23/h3,5-10,13H,4,11-12H2,1-2H3. The van der Waals surface area contributed by atoms with Crippen LogP contribution in [0.3, 0.4) is 0 Å². The average Bonchev–Trinajstić information content (AvgIpc) is 3.14. The maximum absolute atomic E-state index is 13.2. The van der Waals surface area contributed by atoms with Gasteiger partial charge in [0.05, 0.1) is 18.4 Å². The molecule has 0 unspecified atom stereocenters. The number of halogens is 3. The second kappa shape index (κ2) is 9.32. The summed E-state index contributed by atoms with van der Waals surface area (Å²) in [5.41, 5.74) is 0.351. The molecule has 1 heterocycles. The van der Waals surface area contributed by atoms with Gasteiger partial charge in [-0.3, -0.25) is 4.57 Å². The van der Waals surface area contributed by atoms with Crippen molar-refractivity contribution in [3.8, 4) is 22.8 Å². The van der Waals surface area contributed by atoms with Gasteiger partial charge in [-0.05, 0) is 48.9 Å². The molecule has 0 fully saturated rings. The van der Waals surface area contributed by atoms with E-state index in [0.29, 0.717) is 34.8 Å². The fourth-order valence-electron chi connectivity index (χ4n) is 2.71. The Morgan fingerprint density at radius 3 is 2.45 bits per heavy atom. The van der Waals surface area contributed by atoms with Crippen molar-refractivity contribution >= 4 is 11.8 Å². The number of alkyl halides is 3. The number of nitrogens with zero attached hydrogens (tertiary/aromatic N) is 3. The van der Waals surface area contributed by atoms with Gasteiger partial charge in [0, 0.05) is 25.0 Å². The summed E-state index contributed by atoms with van der Waals surface area (Å²) in [6.07, 6.45) is -3.65. The molecule has 0 N–H and O–H groups in total. The zero-order valence-electron chi connectivity index (χ0n) is 15.9. The van der Waals surface area contributed by atoms with Gasteiger partial charge in [0.1, 0.15) is 5.75 Å². The zero-order valence-corrected chi connectivity index (χ0v) is 16.8. The van der Waals surface area contributed by atoms with Gasteiger partial charge in [-0.1, -0.05) is 17.8 Å². The van der Waals surface area contributed by atoms with Crippen LogP contribution in [0.15, 0.2) is 53.7 Å². The number of methoxy groups -OCH3 is 2. The molecule has 0 aliphatic carbocycles. The molecule has 0 radical (unpaired) electrons. The largest absolute Gasteiger partial charge is 0.497 e. The highest BCUT2D eigenvalue weighted by Gasteiger charge is 2.31. The van der Waals surface area contributed by atoms with Crippen molar-refractivity contribution in [1.82, 2.24) is 14.8 Å². The Morgan fingerprint density at radius 1 is 1.03 bits per heavy atom. The van der Waals surface area contributed by atoms with Crippen molar-refractivity contribution in [2.75, 3.05) is 26.6 Å². The third-order valence-electron chi connectivity index (χ3n) is 4.14. The molecular formula is C20H20F3N3O2S. The van der Waals surface area contributed by atoms with Crippen LogP contribution in [-0.4, -0.2) is 41.3 Å². The molecule has 0 amide bonds. The lowest BCUT2D eigenvalue weighted by atomic mass is 10.1. The second-order valence-electron chi connectivity index (χ2n) is 6.11. The second-order valence-corrected chi connectivity index (χ2v) is 7.18. The lowest BCUT2D eigenvalue weighted by Crippen LogP contribution is -2.07. The van der Waals surface area contributed by atoms with Gasteiger partial charge in [-0.2, -0.15) is 13.2 Å². The van der Waals surface area contributed by atoms with E-state index in [9.17, 15) is 13.2 Å². The lowest BCUT2D eigenvalue weighted by molar-refractivity contribution is -0.137. The number of hydrogen-bond acceptors (Lipinski definition) is 5. The molecule has 1 aromatic heterocycles. The Balaban J connectivity index is 2.04. The minimum atomic E-state index is -4.43. The molecular weight excluding hydrogens is 403 g/mol. The summed E-state index contributed by atoms with van der Waals surface area (Å²) in [5.74, 6) is 1.84. The van der Waals surface area contributed by atoms with E-state index in [2.05, 4.69) is 10.2 Å². The normalized spacial score (nSPS) is 11.6. The van der Waals surface area contributed by atoms with Crippen LogP contribution in [0.4, 0.5) is 13.2 Å². The lowest BCUT2D eigenvalue weighted by Gasteiger charge is -2.13. The summed E-state index contributed by atoms with van der Waals surface area (Å²) in [5, 5.41) is 8.99. The van der Waals surface area contributed by atoms with Gasteiger partial charge >= 0.3 is 6.18 Å². The first-order valence-corrected chi connectivity index (χ1v) is 9.82. The Kier molecular flexibility index (Phi) is 6.81. The smallest absolute Gasteiger partial charge is 0.416 e. The molecule has 0 atom stereocenters. The first-order chi connectivity index (χ1) is 13.9. The summed E-state index contributed by atoms with van der Waals surface area (Å²) in [4.78, 5) is 0. The molecule has 2 aromatic carbocycles. The van der Waals surface area contributed by atoms with Crippen molar-refractivity contribution in [3.63, 3.8) is 0 Å². The Morgan fingerprint density at radius 2 is 1.79 bits per heavy atom. The molecule has 3 aromatic rings. The third kappa shape index (κ3) is 5.10. The molecule has 0 aliphatic heterocycles. The highest BCUT2D eigenvalue weighted by Crippen LogP contribution is 2.33. The van der Waals surface area contributed by atoms with E-state index in [0.717, 1.165) is 24.1 Å². The highest BCUT2D eigenvalue weighted by molar-refractivity contribution is 7.99. The highest BCUT2D eigenvalue weighted by atomic mass is 32.2. The van der Waals surface area contributed by atoms with Gasteiger partial charge < -0.3 is 9.47 Å². The first kappa shape index (κ1) is 21.2. The van der Waals surface area contributed by atoms with Crippen LogP contribution in [0.1, 0.15) is 12.0 Å². The SMILES string of the molecule is COCCCSc1nnc(-c2ccc(OC)cc2)n1-c1cccc(C(F)(F)F)c1. The topological polar surface area (TPSA) is 49.2 Å². The molecule has 0 aliphatic rings. The fraction of sp³-hybridized carbons (Fsp3) is 0.300. The van der Waals surface area contributed by atoms with Crippen LogP contribution < -0.4 is 4.74 Å². The molecule has 0 bridgehead atoms. The summed E-state index contributed by atoms with van der Waals surface area (Å²) in [7, 11) is 3.19. The summed E-state index contributed by atoms with van der Waals surface area (Å²) in [6.45, 7) is 0.593. The van der Waals surface area contributed by atoms with Crippen molar-refractivity contribution < 1.29 is 22.6 Å². The molecule has 3 rings (SSSR count). The number of rotatable bonds is 8. The summed E-state index contributed by atoms with van der Waals surface area (Å²) in [6, 6.07) is 12.3. The summed E-state index contributed by atoms with van der Waals surface area (Å²) < 4.78 is 51.6. The molecule has 0 spiro atoms. The van der Waals surface area contributed by atoms with Gasteiger partial charge in [-0.25, -0.2) is 0 Å². The monoisotopic (exact) mass is 423 g/mol. The Bertz CT molecular complexity index is 943. The van der Waals surface area contributed by atoms with E-state index in [1.165, 1.54) is 17.8 Å². The Hall–Kier alpha value is -2.52. The minimum Gasteiger partial charge on any atom is -0.497 e. The molecule has 0 saturated carbocycles. The number of hydrogen-bond donors (Lipinski definition) is 0. The molecule has 5 nitrogen and oxygen atoms in total. The van der Waals surface area contributed by atoms with Gasteiger partial charge in [-0.15, -0.1) is 10.2 Å². The van der Waals surface area contributed by atoms with Crippen LogP contribution in [0.2, 0.25) is 0 Å². The number of ether oxygens (including phenoxy) is 2. The van der Waals surface area contributed by atoms with Crippen LogP contribution in [0, 0.1) is 0 Å². The maximum Gasteiger partial charge on any atom is 0.416 e. The third-order valence-corrected chi connectivity index (χ3v) is 5.15. The molecule has 9 heteroatoms. The van der Waals surface area contributed by atoms with Crippen LogP contribution in [0.5, 0.6) is 5.75 Å². The molecule has 0 saturated heterocycles. The van der Waals surface area contributed by atoms with E-state index < -0.39 is 11.7 Å². The van der Waals surface area contributed by atoms with Crippen molar-refractivity contribution in [2.45, 2.75) is 17.8 Å². The van der Waals surface area contributed by atoms with E-state index in [4.69, 9.17) is 9.47 Å². The van der Waals surface area contributed by atoms with E-state index in [-0.39, 0.29) is 0 Å². The van der Waals surface area contributed by atoms with Gasteiger partial charge in [0.2, 0.25) is 0 Å². The predicted octanol–water partition coefficient (Wildman–Crippen LogP) is 5.09. The van der Waals surface area contributed by atoms with E-state index >= 15 is 0 Å². The van der Waals surface area contributed by atoms with Gasteiger partial charge in [0.15, 0.2) is 11.0 Å².